The predicted molar refractivity (Wildman–Crippen MR) is 130 cm³/mol. The topological polar surface area (TPSA) is 75.7 Å². The lowest BCUT2D eigenvalue weighted by molar-refractivity contribution is -0.123. The van der Waals surface area contributed by atoms with E-state index < -0.39 is 0 Å². The maximum atomic E-state index is 12.9. The molecular weight excluding hydrogens is 436 g/mol. The van der Waals surface area contributed by atoms with E-state index in [1.165, 1.54) is 4.90 Å². The van der Waals surface area contributed by atoms with Gasteiger partial charge in [0.05, 0.1) is 11.4 Å². The van der Waals surface area contributed by atoms with E-state index in [0.29, 0.717) is 21.9 Å². The number of carbonyl (C=O) groups is 3. The van der Waals surface area contributed by atoms with Crippen LogP contribution in [0.15, 0.2) is 83.8 Å². The fourth-order valence-corrected chi connectivity index (χ4v) is 4.16. The summed E-state index contributed by atoms with van der Waals surface area (Å²) in [6, 6.07) is 23.9. The van der Waals surface area contributed by atoms with Crippen LogP contribution in [0.1, 0.15) is 16.7 Å². The number of aryl methyl sites for hydroxylation is 1. The second-order valence-corrected chi connectivity index (χ2v) is 8.43. The number of rotatable bonds is 7. The van der Waals surface area contributed by atoms with E-state index in [4.69, 9.17) is 4.74 Å². The van der Waals surface area contributed by atoms with Gasteiger partial charge < -0.3 is 10.1 Å². The molecule has 7 heteroatoms. The summed E-state index contributed by atoms with van der Waals surface area (Å²) in [4.78, 5) is 39.2. The largest absolute Gasteiger partial charge is 0.483 e. The number of thioether (sulfide) groups is 1. The Hall–Kier alpha value is -3.84. The molecule has 1 N–H and O–H groups in total. The van der Waals surface area contributed by atoms with Crippen LogP contribution in [0.4, 0.5) is 10.5 Å². The second-order valence-electron chi connectivity index (χ2n) is 7.44. The molecule has 0 spiro atoms. The molecule has 33 heavy (non-hydrogen) atoms. The van der Waals surface area contributed by atoms with Gasteiger partial charge in [-0.25, -0.2) is 0 Å². The van der Waals surface area contributed by atoms with Gasteiger partial charge in [-0.15, -0.1) is 0 Å². The molecule has 0 unspecified atom stereocenters. The lowest BCUT2D eigenvalue weighted by Gasteiger charge is -2.14. The van der Waals surface area contributed by atoms with Crippen LogP contribution in [0, 0.1) is 6.92 Å². The standard InChI is InChI=1S/C26H22N2O4S/c1-18-9-5-6-11-20(18)16-28-25(30)23(33-26(28)31)15-19-10-7-8-14-22(19)32-17-24(29)27-21-12-3-2-4-13-21/h2-15H,16-17H2,1H3,(H,27,29)/b23-15-. The van der Waals surface area contributed by atoms with Crippen LogP contribution in [-0.2, 0) is 16.1 Å². The number of hydrogen-bond acceptors (Lipinski definition) is 5. The highest BCUT2D eigenvalue weighted by atomic mass is 32.2. The van der Waals surface area contributed by atoms with E-state index in [0.717, 1.165) is 22.9 Å². The van der Waals surface area contributed by atoms with Crippen LogP contribution >= 0.6 is 11.8 Å². The molecule has 0 bridgehead atoms. The lowest BCUT2D eigenvalue weighted by atomic mass is 10.1. The summed E-state index contributed by atoms with van der Waals surface area (Å²) in [5.41, 5.74) is 3.25. The third-order valence-corrected chi connectivity index (χ3v) is 5.99. The van der Waals surface area contributed by atoms with Crippen molar-refractivity contribution in [2.75, 3.05) is 11.9 Å². The van der Waals surface area contributed by atoms with E-state index in [-0.39, 0.29) is 30.2 Å². The normalized spacial score (nSPS) is 14.6. The summed E-state index contributed by atoms with van der Waals surface area (Å²) in [6.07, 6.45) is 1.63. The molecule has 3 aromatic carbocycles. The number of benzene rings is 3. The molecule has 4 rings (SSSR count). The zero-order valence-electron chi connectivity index (χ0n) is 18.0. The first-order valence-electron chi connectivity index (χ1n) is 10.4. The van der Waals surface area contributed by atoms with Crippen molar-refractivity contribution in [3.05, 3.63) is 100 Å². The summed E-state index contributed by atoms with van der Waals surface area (Å²) in [5, 5.41) is 2.45. The molecule has 1 aliphatic heterocycles. The Kier molecular flexibility index (Phi) is 6.90. The number of amides is 3. The third-order valence-electron chi connectivity index (χ3n) is 5.09. The van der Waals surface area contributed by atoms with Gasteiger partial charge >= 0.3 is 0 Å². The number of anilines is 1. The van der Waals surface area contributed by atoms with E-state index in [1.54, 1.807) is 42.5 Å². The monoisotopic (exact) mass is 458 g/mol. The zero-order chi connectivity index (χ0) is 23.2. The second kappa shape index (κ2) is 10.2. The van der Waals surface area contributed by atoms with Gasteiger partial charge in [-0.2, -0.15) is 0 Å². The molecule has 0 aromatic heterocycles. The first kappa shape index (κ1) is 22.4. The Morgan fingerprint density at radius 1 is 0.970 bits per heavy atom. The summed E-state index contributed by atoms with van der Waals surface area (Å²) in [6.45, 7) is 1.99. The number of ether oxygens (including phenoxy) is 1. The summed E-state index contributed by atoms with van der Waals surface area (Å²) in [5.74, 6) is -0.189. The van der Waals surface area contributed by atoms with Gasteiger partial charge in [-0.1, -0.05) is 60.7 Å². The van der Waals surface area contributed by atoms with Crippen molar-refractivity contribution in [2.24, 2.45) is 0 Å². The molecule has 3 aromatic rings. The number of hydrogen-bond donors (Lipinski definition) is 1. The molecule has 166 valence electrons. The highest BCUT2D eigenvalue weighted by molar-refractivity contribution is 8.18. The SMILES string of the molecule is Cc1ccccc1CN1C(=O)S/C(=C\c2ccccc2OCC(=O)Nc2ccccc2)C1=O. The Bertz CT molecular complexity index is 1220. The quantitative estimate of drug-likeness (QED) is 0.490. The van der Waals surface area contributed by atoms with E-state index in [1.807, 2.05) is 49.4 Å². The minimum Gasteiger partial charge on any atom is -0.483 e. The van der Waals surface area contributed by atoms with Crippen molar-refractivity contribution in [3.63, 3.8) is 0 Å². The van der Waals surface area contributed by atoms with Gasteiger partial charge in [0.1, 0.15) is 5.75 Å². The van der Waals surface area contributed by atoms with Crippen LogP contribution < -0.4 is 10.1 Å². The summed E-state index contributed by atoms with van der Waals surface area (Å²) in [7, 11) is 0. The van der Waals surface area contributed by atoms with Crippen molar-refractivity contribution in [2.45, 2.75) is 13.5 Å². The van der Waals surface area contributed by atoms with Gasteiger partial charge in [0, 0.05) is 11.3 Å². The molecule has 0 atom stereocenters. The predicted octanol–water partition coefficient (Wildman–Crippen LogP) is 5.25. The molecule has 1 saturated heterocycles. The fraction of sp³-hybridized carbons (Fsp3) is 0.115. The number of nitrogens with one attached hydrogen (secondary N) is 1. The average molecular weight is 459 g/mol. The van der Waals surface area contributed by atoms with Crippen molar-refractivity contribution >= 4 is 40.6 Å². The van der Waals surface area contributed by atoms with Gasteiger partial charge in [0.25, 0.3) is 17.1 Å². The third kappa shape index (κ3) is 5.51. The molecule has 0 saturated carbocycles. The Morgan fingerprint density at radius 3 is 2.45 bits per heavy atom. The maximum absolute atomic E-state index is 12.9. The molecule has 3 amide bonds. The van der Waals surface area contributed by atoms with Crippen LogP contribution in [0.3, 0.4) is 0 Å². The van der Waals surface area contributed by atoms with Crippen molar-refractivity contribution in [1.29, 1.82) is 0 Å². The van der Waals surface area contributed by atoms with E-state index in [2.05, 4.69) is 5.32 Å². The summed E-state index contributed by atoms with van der Waals surface area (Å²) >= 11 is 0.900. The molecular formula is C26H22N2O4S. The lowest BCUT2D eigenvalue weighted by Crippen LogP contribution is -2.27. The number of carbonyl (C=O) groups excluding carboxylic acids is 3. The van der Waals surface area contributed by atoms with Crippen LogP contribution in [0.25, 0.3) is 6.08 Å². The first-order valence-corrected chi connectivity index (χ1v) is 11.2. The molecule has 1 heterocycles. The Morgan fingerprint density at radius 2 is 1.67 bits per heavy atom. The molecule has 6 nitrogen and oxygen atoms in total. The average Bonchev–Trinajstić information content (AvgIpc) is 3.08. The van der Waals surface area contributed by atoms with Gasteiger partial charge in [-0.3, -0.25) is 19.3 Å². The van der Waals surface area contributed by atoms with Crippen LogP contribution in [0.2, 0.25) is 0 Å². The molecule has 0 aliphatic carbocycles. The molecule has 1 fully saturated rings. The smallest absolute Gasteiger partial charge is 0.293 e. The van der Waals surface area contributed by atoms with Crippen molar-refractivity contribution in [3.8, 4) is 5.75 Å². The van der Waals surface area contributed by atoms with E-state index >= 15 is 0 Å². The van der Waals surface area contributed by atoms with Gasteiger partial charge in [-0.05, 0) is 54.1 Å². The summed E-state index contributed by atoms with van der Waals surface area (Å²) < 4.78 is 5.71. The number of nitrogens with zero attached hydrogens (tertiary/aromatic N) is 1. The molecule has 0 radical (unpaired) electrons. The van der Waals surface area contributed by atoms with Crippen molar-refractivity contribution < 1.29 is 19.1 Å². The highest BCUT2D eigenvalue weighted by Gasteiger charge is 2.35. The van der Waals surface area contributed by atoms with Crippen molar-refractivity contribution in [1.82, 2.24) is 4.90 Å². The van der Waals surface area contributed by atoms with E-state index in [9.17, 15) is 14.4 Å². The van der Waals surface area contributed by atoms with Gasteiger partial charge in [0.2, 0.25) is 0 Å². The highest BCUT2D eigenvalue weighted by Crippen LogP contribution is 2.35. The number of imide groups is 1. The zero-order valence-corrected chi connectivity index (χ0v) is 18.8. The molecule has 1 aliphatic rings. The Balaban J connectivity index is 1.46. The minimum atomic E-state index is -0.343. The number of para-hydroxylation sites is 2. The Labute approximate surface area is 196 Å². The maximum Gasteiger partial charge on any atom is 0.293 e. The fourth-order valence-electron chi connectivity index (χ4n) is 3.33. The van der Waals surface area contributed by atoms with Gasteiger partial charge in [0.15, 0.2) is 6.61 Å². The van der Waals surface area contributed by atoms with Crippen LogP contribution in [0.5, 0.6) is 5.75 Å². The minimum absolute atomic E-state index is 0.186. The first-order chi connectivity index (χ1) is 16.0. The van der Waals surface area contributed by atoms with Crippen LogP contribution in [-0.4, -0.2) is 28.6 Å².